The van der Waals surface area contributed by atoms with E-state index in [4.69, 9.17) is 0 Å². The summed E-state index contributed by atoms with van der Waals surface area (Å²) < 4.78 is 15.5. The van der Waals surface area contributed by atoms with E-state index in [2.05, 4.69) is 15.6 Å². The van der Waals surface area contributed by atoms with E-state index in [0.717, 1.165) is 28.5 Å². The molecule has 0 bridgehead atoms. The first-order valence-electron chi connectivity index (χ1n) is 9.54. The summed E-state index contributed by atoms with van der Waals surface area (Å²) in [7, 11) is 0. The number of imidazole rings is 1. The molecule has 3 aromatic carbocycles. The van der Waals surface area contributed by atoms with Crippen molar-refractivity contribution in [2.24, 2.45) is 0 Å². The highest BCUT2D eigenvalue weighted by Gasteiger charge is 2.09. The third-order valence-corrected chi connectivity index (χ3v) is 5.43. The maximum Gasteiger partial charge on any atom is 0.234 e. The number of fused-ring (bicyclic) bond motifs is 1. The van der Waals surface area contributed by atoms with Gasteiger partial charge in [0.05, 0.1) is 28.2 Å². The van der Waals surface area contributed by atoms with Crippen LogP contribution < -0.4 is 10.6 Å². The first kappa shape index (κ1) is 20.6. The van der Waals surface area contributed by atoms with Gasteiger partial charge in [0, 0.05) is 11.4 Å². The summed E-state index contributed by atoms with van der Waals surface area (Å²) in [5, 5.41) is 5.30. The summed E-state index contributed by atoms with van der Waals surface area (Å²) in [6, 6.07) is 21.2. The van der Waals surface area contributed by atoms with Crippen LogP contribution in [0, 0.1) is 5.82 Å². The number of nitrogens with zero attached hydrogens (tertiary/aromatic N) is 2. The normalized spacial score (nSPS) is 10.7. The highest BCUT2D eigenvalue weighted by Crippen LogP contribution is 2.20. The van der Waals surface area contributed by atoms with Gasteiger partial charge in [-0.3, -0.25) is 14.2 Å². The van der Waals surface area contributed by atoms with Crippen LogP contribution in [0.1, 0.15) is 0 Å². The number of carbonyl (C=O) groups excluding carboxylic acids is 2. The zero-order valence-electron chi connectivity index (χ0n) is 16.4. The van der Waals surface area contributed by atoms with Crippen molar-refractivity contribution in [2.45, 2.75) is 0 Å². The molecule has 156 valence electrons. The average molecular weight is 434 g/mol. The number of hydrogen-bond donors (Lipinski definition) is 2. The Morgan fingerprint density at radius 2 is 1.55 bits per heavy atom. The Kier molecular flexibility index (Phi) is 6.28. The third-order valence-electron chi connectivity index (χ3n) is 4.50. The fraction of sp³-hybridized carbons (Fsp3) is 0.0870. The summed E-state index contributed by atoms with van der Waals surface area (Å²) in [5.41, 5.74) is 3.64. The molecule has 0 aliphatic heterocycles. The zero-order valence-corrected chi connectivity index (χ0v) is 17.2. The summed E-state index contributed by atoms with van der Waals surface area (Å²) in [6.45, 7) is 0. The Bertz CT molecular complexity index is 1220. The van der Waals surface area contributed by atoms with Crippen LogP contribution >= 0.6 is 11.8 Å². The Morgan fingerprint density at radius 3 is 2.32 bits per heavy atom. The number of benzene rings is 3. The molecule has 1 heterocycles. The molecule has 1 aromatic heterocycles. The van der Waals surface area contributed by atoms with Crippen molar-refractivity contribution >= 4 is 46.0 Å². The summed E-state index contributed by atoms with van der Waals surface area (Å²) in [4.78, 5) is 28.4. The molecule has 4 rings (SSSR count). The van der Waals surface area contributed by atoms with E-state index in [9.17, 15) is 14.0 Å². The Hall–Kier alpha value is -3.65. The van der Waals surface area contributed by atoms with Crippen molar-refractivity contribution in [2.75, 3.05) is 22.1 Å². The second-order valence-electron chi connectivity index (χ2n) is 6.72. The SMILES string of the molecule is O=C(CSCC(=O)Nc1ccccc1F)Nc1ccc(-n2cnc3ccccc32)cc1. The largest absolute Gasteiger partial charge is 0.325 e. The van der Waals surface area contributed by atoms with Gasteiger partial charge in [-0.05, 0) is 48.5 Å². The summed E-state index contributed by atoms with van der Waals surface area (Å²) in [5.74, 6) is -0.914. The molecule has 8 heteroatoms. The van der Waals surface area contributed by atoms with Crippen LogP contribution in [0.2, 0.25) is 0 Å². The van der Waals surface area contributed by atoms with E-state index in [1.54, 1.807) is 18.5 Å². The van der Waals surface area contributed by atoms with Gasteiger partial charge in [0.25, 0.3) is 0 Å². The number of para-hydroxylation sites is 3. The van der Waals surface area contributed by atoms with E-state index >= 15 is 0 Å². The van der Waals surface area contributed by atoms with E-state index < -0.39 is 5.82 Å². The van der Waals surface area contributed by atoms with Crippen LogP contribution in [0.3, 0.4) is 0 Å². The Morgan fingerprint density at radius 1 is 0.871 bits per heavy atom. The number of aromatic nitrogens is 2. The second-order valence-corrected chi connectivity index (χ2v) is 7.70. The van der Waals surface area contributed by atoms with Gasteiger partial charge in [-0.15, -0.1) is 11.8 Å². The lowest BCUT2D eigenvalue weighted by molar-refractivity contribution is -0.114. The molecular weight excluding hydrogens is 415 g/mol. The lowest BCUT2D eigenvalue weighted by Gasteiger charge is -2.08. The van der Waals surface area contributed by atoms with Gasteiger partial charge in [0.15, 0.2) is 0 Å². The lowest BCUT2D eigenvalue weighted by Crippen LogP contribution is -2.18. The molecule has 2 amide bonds. The molecule has 0 saturated carbocycles. The minimum absolute atomic E-state index is 0.0500. The Labute approximate surface area is 182 Å². The second kappa shape index (κ2) is 9.44. The minimum Gasteiger partial charge on any atom is -0.325 e. The maximum absolute atomic E-state index is 13.5. The summed E-state index contributed by atoms with van der Waals surface area (Å²) >= 11 is 1.16. The smallest absolute Gasteiger partial charge is 0.234 e. The van der Waals surface area contributed by atoms with E-state index in [1.165, 1.54) is 12.1 Å². The highest BCUT2D eigenvalue weighted by atomic mass is 32.2. The fourth-order valence-corrected chi connectivity index (χ4v) is 3.67. The zero-order chi connectivity index (χ0) is 21.6. The quantitative estimate of drug-likeness (QED) is 0.450. The van der Waals surface area contributed by atoms with Crippen molar-refractivity contribution in [3.8, 4) is 5.69 Å². The Balaban J connectivity index is 1.27. The van der Waals surface area contributed by atoms with Crippen LogP contribution in [0.4, 0.5) is 15.8 Å². The molecule has 0 spiro atoms. The van der Waals surface area contributed by atoms with Crippen molar-refractivity contribution in [3.05, 3.63) is 84.9 Å². The highest BCUT2D eigenvalue weighted by molar-refractivity contribution is 8.00. The number of halogens is 1. The minimum atomic E-state index is -0.495. The fourth-order valence-electron chi connectivity index (χ4n) is 3.05. The molecule has 2 N–H and O–H groups in total. The molecule has 31 heavy (non-hydrogen) atoms. The number of thioether (sulfide) groups is 1. The van der Waals surface area contributed by atoms with Gasteiger partial charge >= 0.3 is 0 Å². The van der Waals surface area contributed by atoms with Crippen molar-refractivity contribution in [3.63, 3.8) is 0 Å². The first-order valence-corrected chi connectivity index (χ1v) is 10.7. The molecule has 0 fully saturated rings. The lowest BCUT2D eigenvalue weighted by atomic mass is 10.2. The van der Waals surface area contributed by atoms with Crippen LogP contribution in [-0.2, 0) is 9.59 Å². The van der Waals surface area contributed by atoms with Gasteiger partial charge in [-0.2, -0.15) is 0 Å². The van der Waals surface area contributed by atoms with Crippen LogP contribution in [0.15, 0.2) is 79.1 Å². The standard InChI is InChI=1S/C23H19FN4O2S/c24-18-5-1-2-6-19(18)27-23(30)14-31-13-22(29)26-16-9-11-17(12-10-16)28-15-25-20-7-3-4-8-21(20)28/h1-12,15H,13-14H2,(H,26,29)(H,27,30). The van der Waals surface area contributed by atoms with E-state index in [-0.39, 0.29) is 29.0 Å². The number of hydrogen-bond acceptors (Lipinski definition) is 4. The molecule has 0 atom stereocenters. The molecule has 0 aliphatic carbocycles. The number of anilines is 2. The number of amides is 2. The van der Waals surface area contributed by atoms with Gasteiger partial charge in [0.1, 0.15) is 12.1 Å². The topological polar surface area (TPSA) is 76.0 Å². The molecule has 4 aromatic rings. The third kappa shape index (κ3) is 5.10. The van der Waals surface area contributed by atoms with Crippen LogP contribution in [-0.4, -0.2) is 32.9 Å². The van der Waals surface area contributed by atoms with Crippen molar-refractivity contribution < 1.29 is 14.0 Å². The van der Waals surface area contributed by atoms with Crippen molar-refractivity contribution in [1.29, 1.82) is 0 Å². The molecule has 0 saturated heterocycles. The molecular formula is C23H19FN4O2S. The van der Waals surface area contributed by atoms with Gasteiger partial charge < -0.3 is 10.6 Å². The molecule has 0 aliphatic rings. The van der Waals surface area contributed by atoms with Gasteiger partial charge in [-0.25, -0.2) is 9.37 Å². The molecule has 6 nitrogen and oxygen atoms in total. The number of carbonyl (C=O) groups is 2. The van der Waals surface area contributed by atoms with Gasteiger partial charge in [0.2, 0.25) is 11.8 Å². The van der Waals surface area contributed by atoms with E-state index in [0.29, 0.717) is 5.69 Å². The monoisotopic (exact) mass is 434 g/mol. The average Bonchev–Trinajstić information content (AvgIpc) is 3.20. The van der Waals surface area contributed by atoms with Crippen LogP contribution in [0.5, 0.6) is 0 Å². The molecule has 0 unspecified atom stereocenters. The van der Waals surface area contributed by atoms with Gasteiger partial charge in [-0.1, -0.05) is 24.3 Å². The maximum atomic E-state index is 13.5. The van der Waals surface area contributed by atoms with E-state index in [1.807, 2.05) is 53.1 Å². The molecule has 0 radical (unpaired) electrons. The predicted octanol–water partition coefficient (Wildman–Crippen LogP) is 4.48. The predicted molar refractivity (Wildman–Crippen MR) is 122 cm³/mol. The number of rotatable bonds is 7. The number of nitrogens with one attached hydrogen (secondary N) is 2. The first-order chi connectivity index (χ1) is 15.1. The van der Waals surface area contributed by atoms with Crippen LogP contribution in [0.25, 0.3) is 16.7 Å². The van der Waals surface area contributed by atoms with Crippen molar-refractivity contribution in [1.82, 2.24) is 9.55 Å². The summed E-state index contributed by atoms with van der Waals surface area (Å²) in [6.07, 6.45) is 1.77.